The Kier molecular flexibility index (Phi) is 11.5. The van der Waals surface area contributed by atoms with Crippen molar-refractivity contribution in [3.63, 3.8) is 0 Å². The van der Waals surface area contributed by atoms with E-state index < -0.39 is 5.41 Å². The van der Waals surface area contributed by atoms with Crippen LogP contribution in [0.1, 0.15) is 47.2 Å². The van der Waals surface area contributed by atoms with Crippen molar-refractivity contribution >= 4 is 17.1 Å². The van der Waals surface area contributed by atoms with Crippen LogP contribution in [0.5, 0.6) is 11.5 Å². The van der Waals surface area contributed by atoms with E-state index in [9.17, 15) is 0 Å². The Bertz CT molecular complexity index is 4110. The largest absolute Gasteiger partial charge is 0.457 e. The van der Waals surface area contributed by atoms with Gasteiger partial charge in [-0.05, 0) is 162 Å². The molecular formula is C76H55NO. The van der Waals surface area contributed by atoms with Gasteiger partial charge in [0.15, 0.2) is 0 Å². The standard InChI is InChI=1S/C76H55NO/c1-75(2)69-28-15-16-29-73(69)78-74-47-38-61(51-72(74)75)56-34-43-66(44-35-56)77(64-39-30-54(31-40-64)58-23-17-22-57(48-58)52-18-7-3-8-19-52)65-41-32-55(33-42-65)60-37-46-68-67-45-36-59(53-20-9-4-10-21-53)49-70(67)76(71(68)50-60,62-24-11-5-12-25-62)63-26-13-6-14-27-63/h3-51H,1-2H3. The number of rotatable bonds is 10. The highest BCUT2D eigenvalue weighted by molar-refractivity contribution is 5.91. The van der Waals surface area contributed by atoms with Gasteiger partial charge in [0.1, 0.15) is 11.5 Å². The van der Waals surface area contributed by atoms with Crippen molar-refractivity contribution in [1.82, 2.24) is 0 Å². The Hall–Kier alpha value is -9.76. The molecule has 2 heteroatoms. The Morgan fingerprint density at radius 3 is 1.05 bits per heavy atom. The summed E-state index contributed by atoms with van der Waals surface area (Å²) in [6, 6.07) is 109. The maximum absolute atomic E-state index is 6.44. The van der Waals surface area contributed by atoms with Gasteiger partial charge in [0, 0.05) is 33.6 Å². The Morgan fingerprint density at radius 1 is 0.256 bits per heavy atom. The maximum atomic E-state index is 6.44. The molecule has 14 rings (SSSR count). The lowest BCUT2D eigenvalue weighted by molar-refractivity contribution is 0.418. The molecule has 0 unspecified atom stereocenters. The second kappa shape index (κ2) is 19.1. The smallest absolute Gasteiger partial charge is 0.131 e. The second-order valence-electron chi connectivity index (χ2n) is 21.2. The van der Waals surface area contributed by atoms with Crippen molar-refractivity contribution in [2.45, 2.75) is 24.7 Å². The van der Waals surface area contributed by atoms with Gasteiger partial charge in [-0.2, -0.15) is 0 Å². The van der Waals surface area contributed by atoms with Crippen LogP contribution in [0.25, 0.3) is 66.8 Å². The van der Waals surface area contributed by atoms with E-state index >= 15 is 0 Å². The van der Waals surface area contributed by atoms with Crippen LogP contribution >= 0.6 is 0 Å². The van der Waals surface area contributed by atoms with Gasteiger partial charge in [-0.1, -0.05) is 238 Å². The summed E-state index contributed by atoms with van der Waals surface area (Å²) in [7, 11) is 0. The minimum Gasteiger partial charge on any atom is -0.457 e. The van der Waals surface area contributed by atoms with E-state index in [-0.39, 0.29) is 5.41 Å². The molecule has 370 valence electrons. The molecule has 0 bridgehead atoms. The van der Waals surface area contributed by atoms with Gasteiger partial charge >= 0.3 is 0 Å². The lowest BCUT2D eigenvalue weighted by Gasteiger charge is -2.34. The highest BCUT2D eigenvalue weighted by atomic mass is 16.5. The zero-order chi connectivity index (χ0) is 52.2. The van der Waals surface area contributed by atoms with E-state index in [1.165, 1.54) is 83.5 Å². The minimum atomic E-state index is -0.541. The molecule has 78 heavy (non-hydrogen) atoms. The molecule has 0 radical (unpaired) electrons. The number of para-hydroxylation sites is 1. The van der Waals surface area contributed by atoms with Gasteiger partial charge in [-0.15, -0.1) is 0 Å². The summed E-state index contributed by atoms with van der Waals surface area (Å²) < 4.78 is 6.44. The molecular weight excluding hydrogens is 943 g/mol. The van der Waals surface area contributed by atoms with Crippen LogP contribution in [0.3, 0.4) is 0 Å². The van der Waals surface area contributed by atoms with E-state index in [0.717, 1.165) is 45.3 Å². The van der Waals surface area contributed by atoms with Gasteiger partial charge in [0.2, 0.25) is 0 Å². The van der Waals surface area contributed by atoms with Gasteiger partial charge in [-0.25, -0.2) is 0 Å². The Morgan fingerprint density at radius 2 is 0.590 bits per heavy atom. The lowest BCUT2D eigenvalue weighted by Crippen LogP contribution is -2.28. The third-order valence-corrected chi connectivity index (χ3v) is 16.4. The first kappa shape index (κ1) is 46.7. The monoisotopic (exact) mass is 997 g/mol. The van der Waals surface area contributed by atoms with Crippen LogP contribution in [-0.4, -0.2) is 0 Å². The second-order valence-corrected chi connectivity index (χ2v) is 21.2. The Balaban J connectivity index is 0.852. The predicted octanol–water partition coefficient (Wildman–Crippen LogP) is 20.3. The number of hydrogen-bond donors (Lipinski definition) is 0. The van der Waals surface area contributed by atoms with E-state index in [1.54, 1.807) is 0 Å². The number of hydrogen-bond acceptors (Lipinski definition) is 2. The minimum absolute atomic E-state index is 0.206. The van der Waals surface area contributed by atoms with Gasteiger partial charge in [0.05, 0.1) is 5.41 Å². The first-order chi connectivity index (χ1) is 38.4. The molecule has 0 spiro atoms. The van der Waals surface area contributed by atoms with Crippen LogP contribution in [0.15, 0.2) is 297 Å². The first-order valence-electron chi connectivity index (χ1n) is 27.0. The van der Waals surface area contributed by atoms with E-state index in [4.69, 9.17) is 4.74 Å². The molecule has 1 heterocycles. The van der Waals surface area contributed by atoms with E-state index in [1.807, 2.05) is 6.07 Å². The van der Waals surface area contributed by atoms with Gasteiger partial charge < -0.3 is 9.64 Å². The van der Waals surface area contributed by atoms with Crippen LogP contribution in [0.2, 0.25) is 0 Å². The van der Waals surface area contributed by atoms with Crippen LogP contribution in [0.4, 0.5) is 17.1 Å². The molecule has 12 aromatic rings. The molecule has 12 aromatic carbocycles. The summed E-state index contributed by atoms with van der Waals surface area (Å²) in [5.74, 6) is 1.84. The first-order valence-corrected chi connectivity index (χ1v) is 27.0. The highest BCUT2D eigenvalue weighted by Crippen LogP contribution is 2.58. The summed E-state index contributed by atoms with van der Waals surface area (Å²) >= 11 is 0. The summed E-state index contributed by atoms with van der Waals surface area (Å²) in [6.07, 6.45) is 0. The van der Waals surface area contributed by atoms with Crippen molar-refractivity contribution in [2.75, 3.05) is 4.90 Å². The summed E-state index contributed by atoms with van der Waals surface area (Å²) in [6.45, 7) is 4.59. The molecule has 0 saturated heterocycles. The SMILES string of the molecule is CC1(C)c2ccccc2Oc2ccc(-c3ccc(N(c4ccc(-c5cccc(-c6ccccc6)c5)cc4)c4ccc(-c5ccc6c(c5)C(c5ccccc5)(c5ccccc5)c5cc(-c7ccccc7)ccc5-6)cc4)cc3)cc21. The summed E-state index contributed by atoms with van der Waals surface area (Å²) in [5.41, 5.74) is 24.3. The highest BCUT2D eigenvalue weighted by Gasteiger charge is 2.46. The normalized spacial score (nSPS) is 13.3. The quantitative estimate of drug-likeness (QED) is 0.135. The van der Waals surface area contributed by atoms with E-state index in [0.29, 0.717) is 0 Å². The predicted molar refractivity (Wildman–Crippen MR) is 324 cm³/mol. The molecule has 1 aliphatic heterocycles. The topological polar surface area (TPSA) is 12.5 Å². The van der Waals surface area contributed by atoms with Crippen molar-refractivity contribution in [3.05, 3.63) is 331 Å². The fraction of sp³-hybridized carbons (Fsp3) is 0.0526. The van der Waals surface area contributed by atoms with Crippen LogP contribution in [-0.2, 0) is 10.8 Å². The summed E-state index contributed by atoms with van der Waals surface area (Å²) in [5, 5.41) is 0. The molecule has 2 aliphatic rings. The van der Waals surface area contributed by atoms with E-state index in [2.05, 4.69) is 310 Å². The van der Waals surface area contributed by atoms with Crippen LogP contribution < -0.4 is 9.64 Å². The van der Waals surface area contributed by atoms with Crippen molar-refractivity contribution in [2.24, 2.45) is 0 Å². The number of anilines is 3. The molecule has 0 N–H and O–H groups in total. The molecule has 0 amide bonds. The zero-order valence-electron chi connectivity index (χ0n) is 43.6. The molecule has 0 aromatic heterocycles. The van der Waals surface area contributed by atoms with Crippen LogP contribution in [0, 0.1) is 0 Å². The number of fused-ring (bicyclic) bond motifs is 5. The molecule has 0 atom stereocenters. The third kappa shape index (κ3) is 7.96. The van der Waals surface area contributed by atoms with Gasteiger partial charge in [-0.3, -0.25) is 0 Å². The fourth-order valence-corrected chi connectivity index (χ4v) is 12.5. The molecule has 0 saturated carbocycles. The van der Waals surface area contributed by atoms with Gasteiger partial charge in [0.25, 0.3) is 0 Å². The molecule has 1 aliphatic carbocycles. The molecule has 2 nitrogen and oxygen atoms in total. The number of ether oxygens (including phenoxy) is 1. The number of nitrogens with zero attached hydrogens (tertiary/aromatic N) is 1. The zero-order valence-corrected chi connectivity index (χ0v) is 43.6. The Labute approximate surface area is 457 Å². The molecule has 0 fully saturated rings. The van der Waals surface area contributed by atoms with Crippen molar-refractivity contribution < 1.29 is 4.74 Å². The fourth-order valence-electron chi connectivity index (χ4n) is 12.5. The summed E-state index contributed by atoms with van der Waals surface area (Å²) in [4.78, 5) is 2.37. The average molecular weight is 998 g/mol. The van der Waals surface area contributed by atoms with Crippen molar-refractivity contribution in [1.29, 1.82) is 0 Å². The lowest BCUT2D eigenvalue weighted by atomic mass is 9.67. The third-order valence-electron chi connectivity index (χ3n) is 16.4. The average Bonchev–Trinajstić information content (AvgIpc) is 4.05. The number of benzene rings is 12. The van der Waals surface area contributed by atoms with Crippen molar-refractivity contribution in [3.8, 4) is 78.3 Å². The maximum Gasteiger partial charge on any atom is 0.131 e.